The molecule has 1 N–H and O–H groups in total. The van der Waals surface area contributed by atoms with Gasteiger partial charge in [-0.05, 0) is 44.9 Å². The van der Waals surface area contributed by atoms with Gasteiger partial charge < -0.3 is 5.11 Å². The highest BCUT2D eigenvalue weighted by Gasteiger charge is 2.26. The summed E-state index contributed by atoms with van der Waals surface area (Å²) in [4.78, 5) is 13.1. The van der Waals surface area contributed by atoms with Crippen LogP contribution >= 0.6 is 15.9 Å². The predicted molar refractivity (Wildman–Crippen MR) is 85.1 cm³/mol. The van der Waals surface area contributed by atoms with Crippen LogP contribution in [-0.4, -0.2) is 33.6 Å². The number of piperidine rings is 1. The summed E-state index contributed by atoms with van der Waals surface area (Å²) in [6, 6.07) is 5.52. The zero-order valence-corrected chi connectivity index (χ0v) is 13.8. The van der Waals surface area contributed by atoms with Crippen molar-refractivity contribution < 1.29 is 10.0 Å². The number of hydrogen-bond acceptors (Lipinski definition) is 4. The second-order valence-corrected chi connectivity index (χ2v) is 6.65. The zero-order valence-electron chi connectivity index (χ0n) is 12.2. The lowest BCUT2D eigenvalue weighted by Crippen LogP contribution is -2.40. The van der Waals surface area contributed by atoms with Crippen LogP contribution in [-0.2, 0) is 6.54 Å². The lowest BCUT2D eigenvalue weighted by Gasteiger charge is -2.36. The number of aliphatic hydroxyl groups is 1. The molecule has 116 valence electrons. The molecule has 0 radical (unpaired) electrons. The molecule has 1 aliphatic heterocycles. The van der Waals surface area contributed by atoms with E-state index < -0.39 is 0 Å². The van der Waals surface area contributed by atoms with Gasteiger partial charge in [-0.15, -0.1) is 0 Å². The second kappa shape index (κ2) is 7.33. The average Bonchev–Trinajstić information content (AvgIpc) is 2.42. The molecule has 2 rings (SSSR count). The number of aliphatic hydroxyl groups excluding tert-OH is 1. The van der Waals surface area contributed by atoms with Gasteiger partial charge in [-0.2, -0.15) is 0 Å². The molecule has 1 heterocycles. The van der Waals surface area contributed by atoms with Crippen LogP contribution in [0.5, 0.6) is 0 Å². The normalized spacial score (nSPS) is 21.2. The molecule has 0 spiro atoms. The molecule has 1 aromatic rings. The van der Waals surface area contributed by atoms with E-state index in [1.807, 2.05) is 12.1 Å². The summed E-state index contributed by atoms with van der Waals surface area (Å²) < 4.78 is 0.720. The molecule has 21 heavy (non-hydrogen) atoms. The number of halogens is 1. The van der Waals surface area contributed by atoms with E-state index >= 15 is 0 Å². The van der Waals surface area contributed by atoms with Crippen molar-refractivity contribution in [2.45, 2.75) is 51.3 Å². The molecule has 0 aromatic heterocycles. The van der Waals surface area contributed by atoms with Crippen LogP contribution in [0.4, 0.5) is 5.69 Å². The Hall–Kier alpha value is -0.980. The highest BCUT2D eigenvalue weighted by Crippen LogP contribution is 2.28. The molecule has 0 saturated carbocycles. The molecule has 0 amide bonds. The fourth-order valence-electron chi connectivity index (χ4n) is 2.99. The van der Waals surface area contributed by atoms with Crippen molar-refractivity contribution in [3.8, 4) is 0 Å². The maximum Gasteiger partial charge on any atom is 0.275 e. The van der Waals surface area contributed by atoms with E-state index in [0.29, 0.717) is 12.6 Å². The average molecular weight is 357 g/mol. The topological polar surface area (TPSA) is 66.6 Å². The number of nitrogens with zero attached hydrogens (tertiary/aromatic N) is 2. The highest BCUT2D eigenvalue weighted by atomic mass is 79.9. The maximum atomic E-state index is 11.2. The molecule has 2 unspecified atom stereocenters. The van der Waals surface area contributed by atoms with E-state index in [4.69, 9.17) is 0 Å². The van der Waals surface area contributed by atoms with Crippen molar-refractivity contribution in [2.24, 2.45) is 0 Å². The van der Waals surface area contributed by atoms with Gasteiger partial charge in [-0.25, -0.2) is 0 Å². The fourth-order valence-corrected chi connectivity index (χ4v) is 3.34. The standard InChI is InChI=1S/C15H21BrN2O3/c1-11(19)8-14-4-2-3-7-17(14)10-12-5-6-13(16)9-15(12)18(20)21/h5-6,9,11,14,19H,2-4,7-8,10H2,1H3. The lowest BCUT2D eigenvalue weighted by molar-refractivity contribution is -0.385. The molecule has 0 bridgehead atoms. The number of likely N-dealkylation sites (tertiary alicyclic amines) is 1. The third-order valence-corrected chi connectivity index (χ3v) is 4.47. The smallest absolute Gasteiger partial charge is 0.275 e. The summed E-state index contributed by atoms with van der Waals surface area (Å²) >= 11 is 3.28. The minimum Gasteiger partial charge on any atom is -0.393 e. The van der Waals surface area contributed by atoms with Crippen LogP contribution in [0.1, 0.15) is 38.2 Å². The van der Waals surface area contributed by atoms with Crippen molar-refractivity contribution in [3.05, 3.63) is 38.3 Å². The Bertz CT molecular complexity index is 508. The highest BCUT2D eigenvalue weighted by molar-refractivity contribution is 9.10. The SMILES string of the molecule is CC(O)CC1CCCCN1Cc1ccc(Br)cc1[N+](=O)[O-]. The van der Waals surface area contributed by atoms with Crippen LogP contribution in [0.3, 0.4) is 0 Å². The minimum atomic E-state index is -0.337. The van der Waals surface area contributed by atoms with Gasteiger partial charge >= 0.3 is 0 Å². The summed E-state index contributed by atoms with van der Waals surface area (Å²) in [5, 5.41) is 20.8. The molecule has 6 heteroatoms. The Morgan fingerprint density at radius 1 is 1.52 bits per heavy atom. The third-order valence-electron chi connectivity index (χ3n) is 3.98. The molecule has 1 saturated heterocycles. The summed E-state index contributed by atoms with van der Waals surface area (Å²) in [7, 11) is 0. The van der Waals surface area contributed by atoms with Crippen molar-refractivity contribution in [1.82, 2.24) is 4.90 Å². The summed E-state index contributed by atoms with van der Waals surface area (Å²) in [6.45, 7) is 3.31. The first kappa shape index (κ1) is 16.4. The molecular formula is C15H21BrN2O3. The van der Waals surface area contributed by atoms with E-state index in [1.54, 1.807) is 13.0 Å². The van der Waals surface area contributed by atoms with Gasteiger partial charge in [0, 0.05) is 28.7 Å². The molecule has 1 aliphatic rings. The summed E-state index contributed by atoms with van der Waals surface area (Å²) in [6.07, 6.45) is 3.71. The van der Waals surface area contributed by atoms with E-state index in [9.17, 15) is 15.2 Å². The van der Waals surface area contributed by atoms with Crippen LogP contribution in [0, 0.1) is 10.1 Å². The van der Waals surface area contributed by atoms with Gasteiger partial charge in [-0.1, -0.05) is 22.4 Å². The van der Waals surface area contributed by atoms with E-state index in [0.717, 1.165) is 42.3 Å². The molecular weight excluding hydrogens is 336 g/mol. The Labute approximate surface area is 133 Å². The van der Waals surface area contributed by atoms with Gasteiger partial charge in [0.05, 0.1) is 11.0 Å². The number of rotatable bonds is 5. The van der Waals surface area contributed by atoms with E-state index in [-0.39, 0.29) is 16.7 Å². The van der Waals surface area contributed by atoms with Crippen molar-refractivity contribution in [1.29, 1.82) is 0 Å². The maximum absolute atomic E-state index is 11.2. The van der Waals surface area contributed by atoms with E-state index in [2.05, 4.69) is 20.8 Å². The Morgan fingerprint density at radius 3 is 2.95 bits per heavy atom. The van der Waals surface area contributed by atoms with Crippen molar-refractivity contribution in [3.63, 3.8) is 0 Å². The fraction of sp³-hybridized carbons (Fsp3) is 0.600. The predicted octanol–water partition coefficient (Wildman–Crippen LogP) is 3.48. The first-order valence-corrected chi connectivity index (χ1v) is 8.11. The van der Waals surface area contributed by atoms with Crippen LogP contribution in [0.15, 0.2) is 22.7 Å². The second-order valence-electron chi connectivity index (χ2n) is 5.73. The first-order chi connectivity index (χ1) is 9.97. The minimum absolute atomic E-state index is 0.158. The number of benzene rings is 1. The van der Waals surface area contributed by atoms with Crippen LogP contribution < -0.4 is 0 Å². The van der Waals surface area contributed by atoms with Crippen LogP contribution in [0.2, 0.25) is 0 Å². The van der Waals surface area contributed by atoms with Gasteiger partial charge in [0.1, 0.15) is 0 Å². The molecule has 2 atom stereocenters. The van der Waals surface area contributed by atoms with Gasteiger partial charge in [0.15, 0.2) is 0 Å². The summed E-state index contributed by atoms with van der Waals surface area (Å²) in [5.74, 6) is 0. The number of nitro groups is 1. The molecule has 5 nitrogen and oxygen atoms in total. The summed E-state index contributed by atoms with van der Waals surface area (Å²) in [5.41, 5.74) is 0.895. The van der Waals surface area contributed by atoms with Crippen LogP contribution in [0.25, 0.3) is 0 Å². The molecule has 1 aromatic carbocycles. The van der Waals surface area contributed by atoms with Gasteiger partial charge in [-0.3, -0.25) is 15.0 Å². The first-order valence-electron chi connectivity index (χ1n) is 7.32. The van der Waals surface area contributed by atoms with Crippen molar-refractivity contribution in [2.75, 3.05) is 6.54 Å². The van der Waals surface area contributed by atoms with Gasteiger partial charge in [0.2, 0.25) is 0 Å². The molecule has 1 fully saturated rings. The van der Waals surface area contributed by atoms with E-state index in [1.165, 1.54) is 0 Å². The largest absolute Gasteiger partial charge is 0.393 e. The molecule has 0 aliphatic carbocycles. The third kappa shape index (κ3) is 4.49. The number of nitro benzene ring substituents is 1. The lowest BCUT2D eigenvalue weighted by atomic mass is 9.96. The Balaban J connectivity index is 2.17. The van der Waals surface area contributed by atoms with Crippen molar-refractivity contribution >= 4 is 21.6 Å². The monoisotopic (exact) mass is 356 g/mol. The van der Waals surface area contributed by atoms with Gasteiger partial charge in [0.25, 0.3) is 5.69 Å². The zero-order chi connectivity index (χ0) is 15.4. The Morgan fingerprint density at radius 2 is 2.29 bits per heavy atom. The Kier molecular flexibility index (Phi) is 5.72. The number of hydrogen-bond donors (Lipinski definition) is 1. The quantitative estimate of drug-likeness (QED) is 0.647.